The summed E-state index contributed by atoms with van der Waals surface area (Å²) in [6.45, 7) is 0.352. The zero-order valence-corrected chi connectivity index (χ0v) is 14.0. The van der Waals surface area contributed by atoms with Crippen LogP contribution in [0.25, 0.3) is 0 Å². The standard InChI is InChI=1S/C18H16F3N5O/c19-18(20,21)14-6-8-15(9-7-14)24-17(27)25-16(10-26-12-22-11-23-26)13-4-2-1-3-5-13/h1-9,11-12,16H,10H2,(H2,24,25,27). The molecule has 2 amide bonds. The number of nitrogens with one attached hydrogen (secondary N) is 2. The van der Waals surface area contributed by atoms with Crippen molar-refractivity contribution in [3.8, 4) is 0 Å². The van der Waals surface area contributed by atoms with Crippen molar-refractivity contribution in [2.24, 2.45) is 0 Å². The van der Waals surface area contributed by atoms with Crippen molar-refractivity contribution in [1.29, 1.82) is 0 Å². The normalized spacial score (nSPS) is 12.4. The van der Waals surface area contributed by atoms with Gasteiger partial charge in [-0.3, -0.25) is 4.68 Å². The molecule has 1 atom stereocenters. The summed E-state index contributed by atoms with van der Waals surface area (Å²) < 4.78 is 39.4. The van der Waals surface area contributed by atoms with Gasteiger partial charge in [-0.2, -0.15) is 18.3 Å². The van der Waals surface area contributed by atoms with Crippen LogP contribution in [-0.4, -0.2) is 20.8 Å². The Morgan fingerprint density at radius 1 is 1.07 bits per heavy atom. The Kier molecular flexibility index (Phi) is 5.39. The molecule has 0 aliphatic carbocycles. The first-order valence-corrected chi connectivity index (χ1v) is 8.04. The fourth-order valence-corrected chi connectivity index (χ4v) is 2.50. The van der Waals surface area contributed by atoms with Gasteiger partial charge in [-0.05, 0) is 29.8 Å². The number of carbonyl (C=O) groups is 1. The van der Waals surface area contributed by atoms with E-state index in [-0.39, 0.29) is 5.69 Å². The van der Waals surface area contributed by atoms with Crippen LogP contribution in [0.3, 0.4) is 0 Å². The maximum atomic E-state index is 12.6. The number of alkyl halides is 3. The van der Waals surface area contributed by atoms with Crippen LogP contribution in [-0.2, 0) is 12.7 Å². The molecular formula is C18H16F3N5O. The van der Waals surface area contributed by atoms with Gasteiger partial charge in [0.2, 0.25) is 0 Å². The largest absolute Gasteiger partial charge is 0.416 e. The Morgan fingerprint density at radius 3 is 2.37 bits per heavy atom. The number of hydrogen-bond donors (Lipinski definition) is 2. The Labute approximate surface area is 153 Å². The average molecular weight is 375 g/mol. The number of nitrogens with zero attached hydrogens (tertiary/aromatic N) is 3. The summed E-state index contributed by atoms with van der Waals surface area (Å²) >= 11 is 0. The minimum atomic E-state index is -4.42. The van der Waals surface area contributed by atoms with E-state index in [2.05, 4.69) is 20.7 Å². The van der Waals surface area contributed by atoms with Gasteiger partial charge in [-0.1, -0.05) is 30.3 Å². The number of carbonyl (C=O) groups excluding carboxylic acids is 1. The molecule has 3 aromatic rings. The lowest BCUT2D eigenvalue weighted by molar-refractivity contribution is -0.137. The Hall–Kier alpha value is -3.36. The molecule has 9 heteroatoms. The predicted molar refractivity (Wildman–Crippen MR) is 92.8 cm³/mol. The summed E-state index contributed by atoms with van der Waals surface area (Å²) in [6, 6.07) is 12.6. The van der Waals surface area contributed by atoms with Crippen LogP contribution in [0.5, 0.6) is 0 Å². The molecule has 140 valence electrons. The molecule has 27 heavy (non-hydrogen) atoms. The summed E-state index contributed by atoms with van der Waals surface area (Å²) in [6.07, 6.45) is -1.49. The lowest BCUT2D eigenvalue weighted by Gasteiger charge is -2.19. The summed E-state index contributed by atoms with van der Waals surface area (Å²) in [5, 5.41) is 9.37. The zero-order chi connectivity index (χ0) is 19.3. The first-order chi connectivity index (χ1) is 12.9. The second-order valence-corrected chi connectivity index (χ2v) is 5.75. The van der Waals surface area contributed by atoms with E-state index >= 15 is 0 Å². The minimum Gasteiger partial charge on any atom is -0.329 e. The molecule has 0 bridgehead atoms. The molecule has 6 nitrogen and oxygen atoms in total. The van der Waals surface area contributed by atoms with E-state index in [1.54, 1.807) is 4.68 Å². The third-order valence-electron chi connectivity index (χ3n) is 3.81. The fraction of sp³-hybridized carbons (Fsp3) is 0.167. The smallest absolute Gasteiger partial charge is 0.329 e. The highest BCUT2D eigenvalue weighted by Gasteiger charge is 2.30. The van der Waals surface area contributed by atoms with E-state index in [9.17, 15) is 18.0 Å². The Bertz CT molecular complexity index is 864. The molecule has 3 rings (SSSR count). The zero-order valence-electron chi connectivity index (χ0n) is 14.0. The van der Waals surface area contributed by atoms with Crippen molar-refractivity contribution >= 4 is 11.7 Å². The number of benzene rings is 2. The number of aromatic nitrogens is 3. The Balaban J connectivity index is 1.69. The number of urea groups is 1. The maximum absolute atomic E-state index is 12.6. The van der Waals surface area contributed by atoms with Crippen molar-refractivity contribution in [2.75, 3.05) is 5.32 Å². The van der Waals surface area contributed by atoms with Gasteiger partial charge < -0.3 is 10.6 Å². The van der Waals surface area contributed by atoms with Crippen molar-refractivity contribution < 1.29 is 18.0 Å². The van der Waals surface area contributed by atoms with Gasteiger partial charge in [0.25, 0.3) is 0 Å². The fourth-order valence-electron chi connectivity index (χ4n) is 2.50. The highest BCUT2D eigenvalue weighted by atomic mass is 19.4. The molecule has 1 heterocycles. The van der Waals surface area contributed by atoms with E-state index in [0.29, 0.717) is 6.54 Å². The molecule has 0 saturated carbocycles. The van der Waals surface area contributed by atoms with E-state index in [1.807, 2.05) is 30.3 Å². The predicted octanol–water partition coefficient (Wildman–Crippen LogP) is 3.86. The van der Waals surface area contributed by atoms with Crippen LogP contribution < -0.4 is 10.6 Å². The van der Waals surface area contributed by atoms with Gasteiger partial charge in [-0.25, -0.2) is 9.78 Å². The summed E-state index contributed by atoms with van der Waals surface area (Å²) in [5.41, 5.74) is 0.338. The first kappa shape index (κ1) is 18.4. The molecule has 2 aromatic carbocycles. The lowest BCUT2D eigenvalue weighted by Crippen LogP contribution is -2.35. The quantitative estimate of drug-likeness (QED) is 0.711. The van der Waals surface area contributed by atoms with Crippen LogP contribution in [0.2, 0.25) is 0 Å². The molecule has 0 radical (unpaired) electrons. The van der Waals surface area contributed by atoms with Gasteiger partial charge in [0, 0.05) is 5.69 Å². The maximum Gasteiger partial charge on any atom is 0.416 e. The molecule has 1 unspecified atom stereocenters. The average Bonchev–Trinajstić information content (AvgIpc) is 3.15. The topological polar surface area (TPSA) is 71.8 Å². The monoisotopic (exact) mass is 375 g/mol. The number of halogens is 3. The number of hydrogen-bond acceptors (Lipinski definition) is 3. The Morgan fingerprint density at radius 2 is 1.78 bits per heavy atom. The van der Waals surface area contributed by atoms with Gasteiger partial charge in [0.15, 0.2) is 0 Å². The van der Waals surface area contributed by atoms with E-state index < -0.39 is 23.8 Å². The molecule has 1 aromatic heterocycles. The first-order valence-electron chi connectivity index (χ1n) is 8.04. The number of rotatable bonds is 5. The minimum absolute atomic E-state index is 0.257. The highest BCUT2D eigenvalue weighted by molar-refractivity contribution is 5.89. The van der Waals surface area contributed by atoms with Crippen LogP contribution in [0.15, 0.2) is 67.3 Å². The van der Waals surface area contributed by atoms with Gasteiger partial charge >= 0.3 is 12.2 Å². The van der Waals surface area contributed by atoms with Gasteiger partial charge in [0.1, 0.15) is 12.7 Å². The van der Waals surface area contributed by atoms with Crippen molar-refractivity contribution in [1.82, 2.24) is 20.1 Å². The second-order valence-electron chi connectivity index (χ2n) is 5.75. The van der Waals surface area contributed by atoms with Crippen LogP contribution in [0, 0.1) is 0 Å². The van der Waals surface area contributed by atoms with E-state index in [0.717, 1.165) is 17.7 Å². The summed E-state index contributed by atoms with van der Waals surface area (Å²) in [7, 11) is 0. The molecule has 0 aliphatic rings. The van der Waals surface area contributed by atoms with E-state index in [4.69, 9.17) is 0 Å². The van der Waals surface area contributed by atoms with E-state index in [1.165, 1.54) is 24.8 Å². The van der Waals surface area contributed by atoms with Crippen molar-refractivity contribution in [3.63, 3.8) is 0 Å². The molecule has 2 N–H and O–H groups in total. The number of anilines is 1. The van der Waals surface area contributed by atoms with Crippen LogP contribution in [0.4, 0.5) is 23.7 Å². The lowest BCUT2D eigenvalue weighted by atomic mass is 10.1. The van der Waals surface area contributed by atoms with Gasteiger partial charge in [-0.15, -0.1) is 0 Å². The third kappa shape index (κ3) is 5.06. The molecule has 0 saturated heterocycles. The highest BCUT2D eigenvalue weighted by Crippen LogP contribution is 2.29. The van der Waals surface area contributed by atoms with Crippen LogP contribution in [0.1, 0.15) is 17.2 Å². The van der Waals surface area contributed by atoms with Crippen molar-refractivity contribution in [2.45, 2.75) is 18.8 Å². The molecule has 0 fully saturated rings. The summed E-state index contributed by atoms with van der Waals surface area (Å²) in [4.78, 5) is 16.2. The molecular weight excluding hydrogens is 359 g/mol. The molecule has 0 spiro atoms. The van der Waals surface area contributed by atoms with Crippen molar-refractivity contribution in [3.05, 3.63) is 78.4 Å². The SMILES string of the molecule is O=C(Nc1ccc(C(F)(F)F)cc1)NC(Cn1cncn1)c1ccccc1. The number of amides is 2. The van der Waals surface area contributed by atoms with Gasteiger partial charge in [0.05, 0.1) is 18.2 Å². The summed E-state index contributed by atoms with van der Waals surface area (Å²) in [5.74, 6) is 0. The van der Waals surface area contributed by atoms with Crippen LogP contribution >= 0.6 is 0 Å². The second kappa shape index (κ2) is 7.90. The third-order valence-corrected chi connectivity index (χ3v) is 3.81. The molecule has 0 aliphatic heterocycles.